The van der Waals surface area contributed by atoms with Gasteiger partial charge in [0.1, 0.15) is 0 Å². The van der Waals surface area contributed by atoms with Crippen LogP contribution < -0.4 is 89.7 Å². The van der Waals surface area contributed by atoms with Crippen LogP contribution in [0.1, 0.15) is 105 Å². The van der Waals surface area contributed by atoms with Crippen LogP contribution in [0.2, 0.25) is 45.2 Å². The second-order valence-electron chi connectivity index (χ2n) is 26.2. The molecule has 8 aromatic rings. The van der Waals surface area contributed by atoms with E-state index in [4.69, 9.17) is 206 Å². The Morgan fingerprint density at radius 3 is 0.844 bits per heavy atom. The Bertz CT molecular complexity index is 5280. The lowest BCUT2D eigenvalue weighted by Crippen LogP contribution is -2.34. The van der Waals surface area contributed by atoms with Crippen LogP contribution in [-0.4, -0.2) is 192 Å². The van der Waals surface area contributed by atoms with Crippen molar-refractivity contribution in [3.63, 3.8) is 0 Å². The maximum absolute atomic E-state index is 8.28. The number of halogens is 11. The third-order valence-electron chi connectivity index (χ3n) is 15.2. The molecule has 53 heteroatoms. The fraction of sp³-hybridized carbons (Fsp3) is 0.250. The van der Waals surface area contributed by atoms with Crippen molar-refractivity contribution in [3.05, 3.63) is 289 Å². The number of alkyl halides is 1. The Labute approximate surface area is 874 Å². The second kappa shape index (κ2) is 83.6. The first-order chi connectivity index (χ1) is 67.7. The van der Waals surface area contributed by atoms with Gasteiger partial charge in [-0.05, 0) is 122 Å². The summed E-state index contributed by atoms with van der Waals surface area (Å²) in [5, 5.41) is 72.9. The topological polar surface area (TPSA) is 599 Å². The van der Waals surface area contributed by atoms with Gasteiger partial charge in [0.2, 0.25) is 47.7 Å². The molecule has 0 radical (unpaired) electrons. The van der Waals surface area contributed by atoms with Gasteiger partial charge in [0, 0.05) is 98.7 Å². The highest BCUT2D eigenvalue weighted by atomic mass is 35.5. The third-order valence-corrected chi connectivity index (χ3v) is 18.4. The molecular weight excluding hydrogens is 2050 g/mol. The van der Waals surface area contributed by atoms with E-state index in [1.807, 2.05) is 169 Å². The van der Waals surface area contributed by atoms with E-state index in [9.17, 15) is 0 Å². The Morgan fingerprint density at radius 2 is 0.574 bits per heavy atom. The van der Waals surface area contributed by atoms with E-state index in [2.05, 4.69) is 125 Å². The average molecular weight is 2170 g/mol. The number of hydrogen-bond acceptors (Lipinski definition) is 26. The first-order valence-corrected chi connectivity index (χ1v) is 45.7. The number of nitrogens with one attached hydrogen (secondary N) is 8. The van der Waals surface area contributed by atoms with Crippen molar-refractivity contribution in [3.8, 4) is 0 Å². The number of nitrogens with two attached hydrogens (primary N) is 8. The number of ether oxygens (including phenoxy) is 1. The maximum atomic E-state index is 8.28. The smallest absolute Gasteiger partial charge is 0.237 e. The number of nitrogens with zero attached hydrogens (tertiary/aromatic N) is 17. The Balaban J connectivity index is 0.000000807. The molecule has 1 aliphatic heterocycles. The van der Waals surface area contributed by atoms with Gasteiger partial charge >= 0.3 is 0 Å². The third kappa shape index (κ3) is 66.2. The largest absolute Gasteiger partial charge is 0.379 e. The fourth-order valence-corrected chi connectivity index (χ4v) is 10.6. The molecule has 1 fully saturated rings. The van der Waals surface area contributed by atoms with E-state index in [0.717, 1.165) is 70.6 Å². The summed E-state index contributed by atoms with van der Waals surface area (Å²) in [6, 6.07) is 56.2. The summed E-state index contributed by atoms with van der Waals surface area (Å²) in [7, 11) is 0. The molecule has 141 heavy (non-hydrogen) atoms. The van der Waals surface area contributed by atoms with Gasteiger partial charge in [-0.25, -0.2) is 43.8 Å². The van der Waals surface area contributed by atoms with E-state index in [0.29, 0.717) is 116 Å². The van der Waals surface area contributed by atoms with Gasteiger partial charge < -0.3 is 55.5 Å². The van der Waals surface area contributed by atoms with Gasteiger partial charge in [0.25, 0.3) is 0 Å². The Morgan fingerprint density at radius 1 is 0.319 bits per heavy atom. The van der Waals surface area contributed by atoms with E-state index >= 15 is 0 Å². The number of rotatable bonds is 38. The molecule has 0 unspecified atom stereocenters. The lowest BCUT2D eigenvalue weighted by atomic mass is 10.2. The Kier molecular flexibility index (Phi) is 75.2. The molecule has 0 spiro atoms. The zero-order valence-corrected chi connectivity index (χ0v) is 85.9. The molecule has 8 aromatic carbocycles. The van der Waals surface area contributed by atoms with Crippen LogP contribution in [0.15, 0.2) is 281 Å². The van der Waals surface area contributed by atoms with Crippen LogP contribution in [0.5, 0.6) is 0 Å². The highest BCUT2D eigenvalue weighted by Crippen LogP contribution is 2.23. The van der Waals surface area contributed by atoms with Crippen LogP contribution in [0, 0.1) is 0 Å². The number of hydroxylamine groups is 8. The van der Waals surface area contributed by atoms with Gasteiger partial charge in [-0.3, -0.25) is 39.1 Å². The van der Waals surface area contributed by atoms with Gasteiger partial charge in [0.15, 0.2) is 0 Å². The number of hydrogen-bond donors (Lipinski definition) is 17. The van der Waals surface area contributed by atoms with Crippen molar-refractivity contribution < 1.29 is 43.8 Å². The number of likely N-dealkylation sites (tertiary alicyclic amines) is 1. The van der Waals surface area contributed by atoms with Crippen molar-refractivity contribution in [2.24, 2.45) is 127 Å². The minimum Gasteiger partial charge on any atom is -0.379 e. The van der Waals surface area contributed by atoms with Crippen molar-refractivity contribution >= 4 is 226 Å². The molecule has 0 amide bonds. The first kappa shape index (κ1) is 127. The van der Waals surface area contributed by atoms with Gasteiger partial charge in [-0.15, -0.1) is 64.8 Å². The summed E-state index contributed by atoms with van der Waals surface area (Å²) in [4.78, 5) is 37.1. The predicted molar refractivity (Wildman–Crippen MR) is 580 cm³/mol. The van der Waals surface area contributed by atoms with E-state index in [1.165, 1.54) is 56.3 Å². The summed E-state index contributed by atoms with van der Waals surface area (Å²) in [5.74, 6) is 0.693. The molecule has 1 saturated heterocycles. The minimum absolute atomic E-state index is 0. The second-order valence-corrected chi connectivity index (χ2v) is 30.3. The van der Waals surface area contributed by atoms with Crippen molar-refractivity contribution in [1.82, 2.24) is 48.7 Å². The minimum atomic E-state index is -0.187. The highest BCUT2D eigenvalue weighted by molar-refractivity contribution is 6.39. The molecule has 0 aromatic heterocycles. The predicted octanol–water partition coefficient (Wildman–Crippen LogP) is 14.4. The molecule has 0 saturated carbocycles. The van der Waals surface area contributed by atoms with Crippen molar-refractivity contribution in [1.29, 1.82) is 0 Å². The first-order valence-electron chi connectivity index (χ1n) is 41.8. The molecule has 0 aliphatic carbocycles. The van der Waals surface area contributed by atoms with Crippen LogP contribution in [-0.2, 0) is 38.6 Å². The van der Waals surface area contributed by atoms with Crippen LogP contribution >= 0.6 is 128 Å². The monoisotopic (exact) mass is 2160 g/mol. The molecule has 0 bridgehead atoms. The van der Waals surface area contributed by atoms with Gasteiger partial charge in [0.05, 0.1) is 113 Å². The summed E-state index contributed by atoms with van der Waals surface area (Å²) in [6.45, 7) is 19.0. The molecule has 1 aliphatic rings. The standard InChI is InChI=1S/C14H20ClN5O.C13H17ClN4O.C12H17ClN4O2.C11H15ClN4O.2C10H12Cl2N4O.C10H13ClN4O.C8H9ClN4O.ClH/c15-13-6-2-1-5-12(13)11-17-18-14(16)19-21-10-9-20-7-3-4-8-20;1-10(2)7-8-19-18-13(15)17-16-9-11-5-3-4-6-12(11)14;1-2-18-7-8-19-17-12(14)16-15-9-10-5-3-4-6-11(10)13;1-2-7-17-16-11(13)15-14-8-9-5-3-4-6-10(9)12;1-2-17-16-10(13)15-14-6-7-8(11)4-3-5-9(7)12;11-5-6-17-16-10(13)15-14-7-8-3-1-2-4-9(8)12;1-2-16-15-10(12)14-13-7-8-5-3-4-6-9(8)11;9-7-4-2-1-3-6(7)5-11-12-8(10)13-14;/h1-2,5-6,11H,3-4,7-10H2,(H3,16,18,19);3-7,9H,8H2,1-2H3,(H3,15,17,18);3-6,9H,2,7-8H2,1H3,(H3,14,16,17);3-6,8H,2,7H2,1H3,(H3,13,15,16);3-6H,2H2,1H3,(H3,13,15,16);1-4,7H,5-6H2,(H3,13,15,16);3-7H,2H2,1H3,(H3,12,14,15);1-5,14H,(H3,10,12,13);1H/b17-11+;16-9+;15-9+;14-8+;14-6+;14-7+;13-7+;11-5+;. The molecule has 42 nitrogen and oxygen atoms in total. The average Bonchev–Trinajstić information content (AvgIpc) is 1.46. The highest BCUT2D eigenvalue weighted by Gasteiger charge is 2.11. The molecule has 25 N–H and O–H groups in total. The zero-order chi connectivity index (χ0) is 103. The van der Waals surface area contributed by atoms with Crippen LogP contribution in [0.4, 0.5) is 0 Å². The number of allylic oxidation sites excluding steroid dienone is 1. The fourth-order valence-electron chi connectivity index (χ4n) is 8.76. The Hall–Kier alpha value is -12.2. The number of benzene rings is 8. The maximum Gasteiger partial charge on any atom is 0.237 e. The van der Waals surface area contributed by atoms with E-state index in [-0.39, 0.29) is 60.1 Å². The summed E-state index contributed by atoms with van der Waals surface area (Å²) in [6.07, 6.45) is 17.3. The zero-order valence-electron chi connectivity index (χ0n) is 77.5. The molecule has 764 valence electrons. The van der Waals surface area contributed by atoms with E-state index < -0.39 is 0 Å². The van der Waals surface area contributed by atoms with Crippen molar-refractivity contribution in [2.75, 3.05) is 85.0 Å². The lowest BCUT2D eigenvalue weighted by Gasteiger charge is -2.14. The summed E-state index contributed by atoms with van der Waals surface area (Å²) < 4.78 is 5.08. The quantitative estimate of drug-likeness (QED) is 0.00427. The molecule has 0 atom stereocenters. The molecule has 1 heterocycles. The van der Waals surface area contributed by atoms with Crippen LogP contribution in [0.25, 0.3) is 0 Å². The normalized spacial score (nSPS) is 12.6. The van der Waals surface area contributed by atoms with Gasteiger partial charge in [-0.2, -0.15) is 40.8 Å². The summed E-state index contributed by atoms with van der Waals surface area (Å²) in [5.41, 5.74) is 69.5. The van der Waals surface area contributed by atoms with E-state index in [1.54, 1.807) is 78.4 Å². The van der Waals surface area contributed by atoms with Gasteiger partial charge in [-0.1, -0.05) is 256 Å². The SMILES string of the molecule is CC(C)=CCONC(N)=N/N=C/c1ccccc1Cl.CCCONC(N)=N/N=C/c1ccccc1Cl.CCOCCONC(N)=N/N=C/c1ccccc1Cl.CCONC(N)=N/N=C/c1c(Cl)cccc1Cl.CCONC(N)=N/N=C/c1ccccc1Cl.Cl.NC(=N/N=C/c1ccccc1Cl)NO.NC(=N/N=C/c1ccccc1Cl)NOCCCl.NC(=N/N=C/c1ccccc1Cl)NOCCN1CCCC1. The molecular formula is C88H116Cl11N33O9. The van der Waals surface area contributed by atoms with Crippen LogP contribution in [0.3, 0.4) is 0 Å². The molecule has 9 rings (SSSR count). The van der Waals surface area contributed by atoms with Crippen molar-refractivity contribution in [2.45, 2.75) is 60.8 Å². The summed E-state index contributed by atoms with van der Waals surface area (Å²) >= 11 is 58.7. The lowest BCUT2D eigenvalue weighted by molar-refractivity contribution is 0.0246. The number of guanidine groups is 8.